The van der Waals surface area contributed by atoms with Crippen LogP contribution in [0.15, 0.2) is 40.9 Å². The molecule has 0 aromatic heterocycles. The fourth-order valence-corrected chi connectivity index (χ4v) is 2.37. The van der Waals surface area contributed by atoms with E-state index in [-0.39, 0.29) is 11.3 Å². The normalized spacial score (nSPS) is 10.0. The van der Waals surface area contributed by atoms with E-state index in [1.807, 2.05) is 6.07 Å². The highest BCUT2D eigenvalue weighted by atomic mass is 79.9. The molecule has 2 aromatic rings. The van der Waals surface area contributed by atoms with Gasteiger partial charge in [-0.1, -0.05) is 22.0 Å². The zero-order chi connectivity index (χ0) is 13.8. The Morgan fingerprint density at radius 1 is 1.26 bits per heavy atom. The minimum Gasteiger partial charge on any atom is -0.454 e. The van der Waals surface area contributed by atoms with Crippen molar-refractivity contribution in [3.05, 3.63) is 57.8 Å². The molecule has 5 heteroatoms. The number of benzene rings is 2. The number of ether oxygens (including phenoxy) is 1. The molecule has 0 aliphatic rings. The molecule has 0 saturated carbocycles. The van der Waals surface area contributed by atoms with Crippen LogP contribution in [-0.2, 0) is 5.88 Å². The average Bonchev–Trinajstić information content (AvgIpc) is 2.41. The summed E-state index contributed by atoms with van der Waals surface area (Å²) < 4.78 is 19.9. The van der Waals surface area contributed by atoms with Crippen molar-refractivity contribution in [2.75, 3.05) is 0 Å². The number of nitrogens with zero attached hydrogens (tertiary/aromatic N) is 1. The quantitative estimate of drug-likeness (QED) is 0.737. The molecule has 0 radical (unpaired) electrons. The predicted molar refractivity (Wildman–Crippen MR) is 74.9 cm³/mol. The SMILES string of the molecule is N#Cc1ccc(Oc2ccc(CCl)c(Br)c2)c(F)c1. The molecule has 0 fully saturated rings. The summed E-state index contributed by atoms with van der Waals surface area (Å²) in [5.74, 6) is 0.372. The van der Waals surface area contributed by atoms with E-state index in [1.54, 1.807) is 18.2 Å². The summed E-state index contributed by atoms with van der Waals surface area (Å²) in [6.07, 6.45) is 0. The van der Waals surface area contributed by atoms with Crippen LogP contribution in [0.3, 0.4) is 0 Å². The maximum atomic E-state index is 13.7. The highest BCUT2D eigenvalue weighted by Crippen LogP contribution is 2.29. The largest absolute Gasteiger partial charge is 0.454 e. The Morgan fingerprint density at radius 2 is 2.05 bits per heavy atom. The lowest BCUT2D eigenvalue weighted by Gasteiger charge is -2.08. The first-order valence-corrected chi connectivity index (χ1v) is 6.68. The van der Waals surface area contributed by atoms with Gasteiger partial charge in [0.25, 0.3) is 0 Å². The van der Waals surface area contributed by atoms with Crippen molar-refractivity contribution in [2.45, 2.75) is 5.88 Å². The Bertz CT molecular complexity index is 654. The van der Waals surface area contributed by atoms with Crippen molar-refractivity contribution >= 4 is 27.5 Å². The number of nitriles is 1. The number of hydrogen-bond acceptors (Lipinski definition) is 2. The number of rotatable bonds is 3. The van der Waals surface area contributed by atoms with Crippen LogP contribution in [0.4, 0.5) is 4.39 Å². The molecule has 2 rings (SSSR count). The van der Waals surface area contributed by atoms with Gasteiger partial charge in [0.2, 0.25) is 0 Å². The zero-order valence-corrected chi connectivity index (χ0v) is 12.0. The van der Waals surface area contributed by atoms with Crippen LogP contribution >= 0.6 is 27.5 Å². The van der Waals surface area contributed by atoms with Crippen molar-refractivity contribution in [3.8, 4) is 17.6 Å². The van der Waals surface area contributed by atoms with Crippen LogP contribution < -0.4 is 4.74 Å². The Balaban J connectivity index is 2.26. The second kappa shape index (κ2) is 6.05. The Hall–Kier alpha value is -1.57. The van der Waals surface area contributed by atoms with Crippen LogP contribution in [0.25, 0.3) is 0 Å². The molecule has 0 unspecified atom stereocenters. The molecular weight excluding hydrogens is 333 g/mol. The van der Waals surface area contributed by atoms with Crippen LogP contribution in [0.5, 0.6) is 11.5 Å². The van der Waals surface area contributed by atoms with Gasteiger partial charge in [0.15, 0.2) is 11.6 Å². The molecule has 96 valence electrons. The highest BCUT2D eigenvalue weighted by Gasteiger charge is 2.07. The lowest BCUT2D eigenvalue weighted by atomic mass is 10.2. The fraction of sp³-hybridized carbons (Fsp3) is 0.0714. The standard InChI is InChI=1S/C14H8BrClFNO/c15-12-6-11(3-2-10(12)7-16)19-14-4-1-9(8-18)5-13(14)17/h1-6H,7H2. The number of halogens is 3. The third-order valence-electron chi connectivity index (χ3n) is 2.46. The molecular formula is C14H8BrClFNO. The first kappa shape index (κ1) is 13.9. The second-order valence-electron chi connectivity index (χ2n) is 3.75. The van der Waals surface area contributed by atoms with E-state index in [0.717, 1.165) is 16.1 Å². The van der Waals surface area contributed by atoms with Crippen molar-refractivity contribution < 1.29 is 9.13 Å². The van der Waals surface area contributed by atoms with Crippen LogP contribution in [0.2, 0.25) is 0 Å². The summed E-state index contributed by atoms with van der Waals surface area (Å²) >= 11 is 9.10. The Kier molecular flexibility index (Phi) is 4.41. The van der Waals surface area contributed by atoms with Gasteiger partial charge < -0.3 is 4.74 Å². The third kappa shape index (κ3) is 3.25. The minimum atomic E-state index is -0.573. The van der Waals surface area contributed by atoms with Gasteiger partial charge in [0.05, 0.1) is 11.6 Å². The molecule has 0 N–H and O–H groups in total. The van der Waals surface area contributed by atoms with Gasteiger partial charge in [-0.25, -0.2) is 4.39 Å². The van der Waals surface area contributed by atoms with Crippen LogP contribution in [-0.4, -0.2) is 0 Å². The maximum Gasteiger partial charge on any atom is 0.167 e. The molecule has 0 spiro atoms. The van der Waals surface area contributed by atoms with Crippen molar-refractivity contribution in [2.24, 2.45) is 0 Å². The Morgan fingerprint density at radius 3 is 2.63 bits per heavy atom. The lowest BCUT2D eigenvalue weighted by molar-refractivity contribution is 0.442. The summed E-state index contributed by atoms with van der Waals surface area (Å²) in [6, 6.07) is 11.2. The zero-order valence-electron chi connectivity index (χ0n) is 9.66. The summed E-state index contributed by atoms with van der Waals surface area (Å²) in [7, 11) is 0. The maximum absolute atomic E-state index is 13.7. The summed E-state index contributed by atoms with van der Waals surface area (Å²) in [6.45, 7) is 0. The molecule has 0 atom stereocenters. The third-order valence-corrected chi connectivity index (χ3v) is 3.48. The van der Waals surface area contributed by atoms with E-state index in [9.17, 15) is 4.39 Å². The van der Waals surface area contributed by atoms with Crippen LogP contribution in [0.1, 0.15) is 11.1 Å². The molecule has 0 heterocycles. The monoisotopic (exact) mass is 339 g/mol. The molecule has 2 nitrogen and oxygen atoms in total. The van der Waals surface area contributed by atoms with E-state index >= 15 is 0 Å². The summed E-state index contributed by atoms with van der Waals surface area (Å²) in [5, 5.41) is 8.66. The highest BCUT2D eigenvalue weighted by molar-refractivity contribution is 9.10. The van der Waals surface area contributed by atoms with E-state index in [1.165, 1.54) is 12.1 Å². The van der Waals surface area contributed by atoms with Crippen molar-refractivity contribution in [1.82, 2.24) is 0 Å². The van der Waals surface area contributed by atoms with Crippen molar-refractivity contribution in [1.29, 1.82) is 5.26 Å². The molecule has 19 heavy (non-hydrogen) atoms. The van der Waals surface area contributed by atoms with Crippen LogP contribution in [0, 0.1) is 17.1 Å². The lowest BCUT2D eigenvalue weighted by Crippen LogP contribution is -1.90. The van der Waals surface area contributed by atoms with Crippen molar-refractivity contribution in [3.63, 3.8) is 0 Å². The second-order valence-corrected chi connectivity index (χ2v) is 4.87. The molecule has 0 saturated heterocycles. The number of alkyl halides is 1. The van der Waals surface area contributed by atoms with Gasteiger partial charge in [-0.15, -0.1) is 11.6 Å². The summed E-state index contributed by atoms with van der Waals surface area (Å²) in [5.41, 5.74) is 1.18. The average molecular weight is 341 g/mol. The van der Waals surface area contributed by atoms with Gasteiger partial charge in [-0.05, 0) is 35.9 Å². The van der Waals surface area contributed by atoms with Gasteiger partial charge in [0, 0.05) is 10.4 Å². The van der Waals surface area contributed by atoms with Gasteiger partial charge >= 0.3 is 0 Å². The Labute approximate surface area is 123 Å². The van der Waals surface area contributed by atoms with E-state index in [0.29, 0.717) is 11.6 Å². The van der Waals surface area contributed by atoms with Gasteiger partial charge in [-0.2, -0.15) is 5.26 Å². The molecule has 0 aliphatic heterocycles. The smallest absolute Gasteiger partial charge is 0.167 e. The molecule has 0 aliphatic carbocycles. The van der Waals surface area contributed by atoms with Gasteiger partial charge in [-0.3, -0.25) is 0 Å². The molecule has 0 bridgehead atoms. The topological polar surface area (TPSA) is 33.0 Å². The number of hydrogen-bond donors (Lipinski definition) is 0. The van der Waals surface area contributed by atoms with Gasteiger partial charge in [0.1, 0.15) is 5.75 Å². The molecule has 2 aromatic carbocycles. The minimum absolute atomic E-state index is 0.0736. The first-order valence-electron chi connectivity index (χ1n) is 5.36. The predicted octanol–water partition coefficient (Wildman–Crippen LogP) is 4.99. The first-order chi connectivity index (χ1) is 9.13. The molecule has 0 amide bonds. The van der Waals surface area contributed by atoms with E-state index < -0.39 is 5.82 Å². The van der Waals surface area contributed by atoms with E-state index in [4.69, 9.17) is 21.6 Å². The van der Waals surface area contributed by atoms with E-state index in [2.05, 4.69) is 15.9 Å². The summed E-state index contributed by atoms with van der Waals surface area (Å²) in [4.78, 5) is 0. The fourth-order valence-electron chi connectivity index (χ4n) is 1.48.